The van der Waals surface area contributed by atoms with E-state index in [0.29, 0.717) is 35.3 Å². The molecule has 1 aliphatic rings. The van der Waals surface area contributed by atoms with Gasteiger partial charge in [0.2, 0.25) is 0 Å². The first-order chi connectivity index (χ1) is 10.5. The zero-order valence-corrected chi connectivity index (χ0v) is 15.5. The Kier molecular flexibility index (Phi) is 4.69. The molecule has 1 fully saturated rings. The fourth-order valence-corrected chi connectivity index (χ4v) is 6.21. The third kappa shape index (κ3) is 3.13. The van der Waals surface area contributed by atoms with E-state index in [1.807, 2.05) is 5.38 Å². The number of amides is 1. The van der Waals surface area contributed by atoms with Gasteiger partial charge in [0.15, 0.2) is 0 Å². The summed E-state index contributed by atoms with van der Waals surface area (Å²) in [6.45, 7) is 1.49. The standard InChI is InChI=1S/C13H13BrN2O3S3/c14-10-8-11(21-9-10)13(17)15-3-5-16(6-4-15)22(18,19)12-2-1-7-20-12/h1-2,7-9H,3-6H2. The highest BCUT2D eigenvalue weighted by Gasteiger charge is 2.31. The molecular formula is C13H13BrN2O3S3. The maximum absolute atomic E-state index is 12.4. The Morgan fingerprint density at radius 3 is 2.45 bits per heavy atom. The van der Waals surface area contributed by atoms with Gasteiger partial charge in [0, 0.05) is 36.0 Å². The quantitative estimate of drug-likeness (QED) is 0.766. The number of hydrogen-bond acceptors (Lipinski definition) is 5. The molecule has 3 heterocycles. The summed E-state index contributed by atoms with van der Waals surface area (Å²) in [5.74, 6) is -0.0381. The minimum Gasteiger partial charge on any atom is -0.335 e. The van der Waals surface area contributed by atoms with Gasteiger partial charge in [0.1, 0.15) is 4.21 Å². The molecule has 0 radical (unpaired) electrons. The Bertz CT molecular complexity index is 762. The van der Waals surface area contributed by atoms with Crippen LogP contribution >= 0.6 is 38.6 Å². The first-order valence-electron chi connectivity index (χ1n) is 6.55. The zero-order valence-electron chi connectivity index (χ0n) is 11.4. The second-order valence-electron chi connectivity index (χ2n) is 4.76. The molecule has 0 unspecified atom stereocenters. The molecule has 1 amide bonds. The fraction of sp³-hybridized carbons (Fsp3) is 0.308. The van der Waals surface area contributed by atoms with Crippen LogP contribution < -0.4 is 0 Å². The summed E-state index contributed by atoms with van der Waals surface area (Å²) in [6, 6.07) is 5.13. The van der Waals surface area contributed by atoms with Crippen molar-refractivity contribution in [3.8, 4) is 0 Å². The number of piperazine rings is 1. The van der Waals surface area contributed by atoms with E-state index in [2.05, 4.69) is 15.9 Å². The molecule has 2 aromatic rings. The second-order valence-corrected chi connectivity index (χ2v) is 9.70. The smallest absolute Gasteiger partial charge is 0.264 e. The van der Waals surface area contributed by atoms with Crippen LogP contribution in [0.25, 0.3) is 0 Å². The molecule has 118 valence electrons. The van der Waals surface area contributed by atoms with Gasteiger partial charge in [-0.15, -0.1) is 22.7 Å². The third-order valence-electron chi connectivity index (χ3n) is 3.39. The molecule has 0 atom stereocenters. The van der Waals surface area contributed by atoms with Crippen LogP contribution in [0.2, 0.25) is 0 Å². The highest BCUT2D eigenvalue weighted by atomic mass is 79.9. The lowest BCUT2D eigenvalue weighted by Crippen LogP contribution is -2.50. The second kappa shape index (κ2) is 6.40. The van der Waals surface area contributed by atoms with Gasteiger partial charge in [-0.05, 0) is 33.4 Å². The third-order valence-corrected chi connectivity index (χ3v) is 8.34. The van der Waals surface area contributed by atoms with Crippen molar-refractivity contribution in [2.24, 2.45) is 0 Å². The molecule has 0 saturated carbocycles. The van der Waals surface area contributed by atoms with Gasteiger partial charge in [-0.1, -0.05) is 6.07 Å². The highest BCUT2D eigenvalue weighted by molar-refractivity contribution is 9.10. The van der Waals surface area contributed by atoms with Crippen LogP contribution in [0, 0.1) is 0 Å². The number of halogens is 1. The van der Waals surface area contributed by atoms with E-state index in [9.17, 15) is 13.2 Å². The number of rotatable bonds is 3. The average molecular weight is 421 g/mol. The maximum Gasteiger partial charge on any atom is 0.264 e. The Hall–Kier alpha value is -0.740. The molecule has 3 rings (SSSR count). The van der Waals surface area contributed by atoms with Crippen molar-refractivity contribution in [2.45, 2.75) is 4.21 Å². The SMILES string of the molecule is O=C(c1cc(Br)cs1)N1CCN(S(=O)(=O)c2cccs2)CC1. The first kappa shape index (κ1) is 16.1. The summed E-state index contributed by atoms with van der Waals surface area (Å²) in [5, 5.41) is 3.62. The summed E-state index contributed by atoms with van der Waals surface area (Å²) in [7, 11) is -3.42. The lowest BCUT2D eigenvalue weighted by Gasteiger charge is -2.33. The van der Waals surface area contributed by atoms with E-state index in [1.165, 1.54) is 27.0 Å². The minimum atomic E-state index is -3.42. The van der Waals surface area contributed by atoms with Crippen LogP contribution in [0.15, 0.2) is 37.6 Å². The van der Waals surface area contributed by atoms with Crippen LogP contribution in [-0.4, -0.2) is 49.7 Å². The van der Waals surface area contributed by atoms with Crippen molar-refractivity contribution >= 4 is 54.5 Å². The van der Waals surface area contributed by atoms with Crippen LogP contribution in [0.1, 0.15) is 9.67 Å². The molecular weight excluding hydrogens is 408 g/mol. The van der Waals surface area contributed by atoms with E-state index in [0.717, 1.165) is 4.47 Å². The van der Waals surface area contributed by atoms with E-state index in [1.54, 1.807) is 28.5 Å². The van der Waals surface area contributed by atoms with Gasteiger partial charge < -0.3 is 4.90 Å². The van der Waals surface area contributed by atoms with Crippen LogP contribution in [-0.2, 0) is 10.0 Å². The molecule has 0 bridgehead atoms. The van der Waals surface area contributed by atoms with Gasteiger partial charge in [-0.3, -0.25) is 4.79 Å². The summed E-state index contributed by atoms with van der Waals surface area (Å²) >= 11 is 5.94. The molecule has 9 heteroatoms. The first-order valence-corrected chi connectivity index (χ1v) is 10.5. The number of carbonyl (C=O) groups excluding carboxylic acids is 1. The van der Waals surface area contributed by atoms with Crippen molar-refractivity contribution in [3.63, 3.8) is 0 Å². The normalized spacial score (nSPS) is 16.9. The lowest BCUT2D eigenvalue weighted by molar-refractivity contribution is 0.0703. The summed E-state index contributed by atoms with van der Waals surface area (Å²) < 4.78 is 27.5. The topological polar surface area (TPSA) is 57.7 Å². The Morgan fingerprint density at radius 1 is 1.18 bits per heavy atom. The average Bonchev–Trinajstić information content (AvgIpc) is 3.18. The largest absolute Gasteiger partial charge is 0.335 e. The van der Waals surface area contributed by atoms with E-state index >= 15 is 0 Å². The molecule has 0 spiro atoms. The molecule has 5 nitrogen and oxygen atoms in total. The summed E-state index contributed by atoms with van der Waals surface area (Å²) in [6.07, 6.45) is 0. The summed E-state index contributed by atoms with van der Waals surface area (Å²) in [5.41, 5.74) is 0. The van der Waals surface area contributed by atoms with Crippen LogP contribution in [0.3, 0.4) is 0 Å². The van der Waals surface area contributed by atoms with Gasteiger partial charge in [-0.2, -0.15) is 4.31 Å². The summed E-state index contributed by atoms with van der Waals surface area (Å²) in [4.78, 5) is 14.7. The predicted octanol–water partition coefficient (Wildman–Crippen LogP) is 2.72. The Morgan fingerprint density at radius 2 is 1.91 bits per heavy atom. The maximum atomic E-state index is 12.4. The number of nitrogens with zero attached hydrogens (tertiary/aromatic N) is 2. The number of thiophene rings is 2. The van der Waals surface area contributed by atoms with Gasteiger partial charge in [-0.25, -0.2) is 8.42 Å². The monoisotopic (exact) mass is 420 g/mol. The van der Waals surface area contributed by atoms with Crippen molar-refractivity contribution in [2.75, 3.05) is 26.2 Å². The van der Waals surface area contributed by atoms with Gasteiger partial charge >= 0.3 is 0 Å². The fourth-order valence-electron chi connectivity index (χ4n) is 2.25. The van der Waals surface area contributed by atoms with Gasteiger partial charge in [0.25, 0.3) is 15.9 Å². The number of carbonyl (C=O) groups is 1. The van der Waals surface area contributed by atoms with Crippen LogP contribution in [0.5, 0.6) is 0 Å². The number of hydrogen-bond donors (Lipinski definition) is 0. The molecule has 1 saturated heterocycles. The highest BCUT2D eigenvalue weighted by Crippen LogP contribution is 2.24. The van der Waals surface area contributed by atoms with E-state index in [4.69, 9.17) is 0 Å². The lowest BCUT2D eigenvalue weighted by atomic mass is 10.3. The molecule has 2 aromatic heterocycles. The van der Waals surface area contributed by atoms with Crippen LogP contribution in [0.4, 0.5) is 0 Å². The predicted molar refractivity (Wildman–Crippen MR) is 91.0 cm³/mol. The van der Waals surface area contributed by atoms with Crippen molar-refractivity contribution in [1.29, 1.82) is 0 Å². The Labute approximate surface area is 145 Å². The molecule has 0 N–H and O–H groups in total. The minimum absolute atomic E-state index is 0.0381. The van der Waals surface area contributed by atoms with Crippen molar-refractivity contribution in [1.82, 2.24) is 9.21 Å². The van der Waals surface area contributed by atoms with Crippen molar-refractivity contribution < 1.29 is 13.2 Å². The molecule has 0 aromatic carbocycles. The molecule has 22 heavy (non-hydrogen) atoms. The Balaban J connectivity index is 1.67. The molecule has 0 aliphatic carbocycles. The van der Waals surface area contributed by atoms with Gasteiger partial charge in [0.05, 0.1) is 4.88 Å². The molecule has 1 aliphatic heterocycles. The number of sulfonamides is 1. The van der Waals surface area contributed by atoms with Crippen molar-refractivity contribution in [3.05, 3.63) is 38.3 Å². The van der Waals surface area contributed by atoms with E-state index < -0.39 is 10.0 Å². The van der Waals surface area contributed by atoms with E-state index in [-0.39, 0.29) is 5.91 Å². The zero-order chi connectivity index (χ0) is 15.7.